The van der Waals surface area contributed by atoms with Crippen molar-refractivity contribution >= 4 is 0 Å². The summed E-state index contributed by atoms with van der Waals surface area (Å²) in [5, 5.41) is 12.3. The summed E-state index contributed by atoms with van der Waals surface area (Å²) in [5.74, 6) is 0. The second-order valence-electron chi connectivity index (χ2n) is 3.30. The first-order chi connectivity index (χ1) is 5.26. The minimum Gasteiger partial charge on any atom is -0.395 e. The number of nitrogens with zero attached hydrogens (tertiary/aromatic N) is 1. The van der Waals surface area contributed by atoms with Crippen molar-refractivity contribution in [2.24, 2.45) is 0 Å². The zero-order valence-corrected chi connectivity index (χ0v) is 7.38. The monoisotopic (exact) mass is 158 g/mol. The highest BCUT2D eigenvalue weighted by atomic mass is 16.3. The van der Waals surface area contributed by atoms with Crippen LogP contribution in [0.4, 0.5) is 0 Å². The van der Waals surface area contributed by atoms with E-state index in [0.29, 0.717) is 6.04 Å². The quantitative estimate of drug-likeness (QED) is 0.577. The van der Waals surface area contributed by atoms with Gasteiger partial charge in [0.1, 0.15) is 0 Å². The summed E-state index contributed by atoms with van der Waals surface area (Å²) in [6.07, 6.45) is 0. The van der Waals surface area contributed by atoms with Crippen LogP contribution in [0.15, 0.2) is 0 Å². The largest absolute Gasteiger partial charge is 0.395 e. The molecule has 66 valence electrons. The molecule has 1 saturated heterocycles. The predicted octanol–water partition coefficient (Wildman–Crippen LogP) is -0.339. The minimum absolute atomic E-state index is 0.251. The van der Waals surface area contributed by atoms with Crippen LogP contribution >= 0.6 is 0 Å². The summed E-state index contributed by atoms with van der Waals surface area (Å²) in [6.45, 7) is 7.74. The fraction of sp³-hybridized carbons (Fsp3) is 1.00. The molecule has 0 aromatic carbocycles. The number of aliphatic hydroxyl groups excluding tert-OH is 1. The van der Waals surface area contributed by atoms with Crippen LogP contribution in [0.3, 0.4) is 0 Å². The average Bonchev–Trinajstić information content (AvgIpc) is 2.03. The number of nitrogens with one attached hydrogen (secondary N) is 1. The first kappa shape index (κ1) is 8.97. The maximum Gasteiger partial charge on any atom is 0.0597 e. The Morgan fingerprint density at radius 1 is 1.55 bits per heavy atom. The van der Waals surface area contributed by atoms with Crippen molar-refractivity contribution in [2.45, 2.75) is 25.9 Å². The van der Waals surface area contributed by atoms with Gasteiger partial charge in [-0.1, -0.05) is 6.92 Å². The van der Waals surface area contributed by atoms with E-state index in [1.807, 2.05) is 0 Å². The van der Waals surface area contributed by atoms with E-state index in [0.717, 1.165) is 19.6 Å². The Balaban J connectivity index is 2.37. The van der Waals surface area contributed by atoms with Crippen LogP contribution in [-0.2, 0) is 0 Å². The van der Waals surface area contributed by atoms with Gasteiger partial charge in [0.2, 0.25) is 0 Å². The normalized spacial score (nSPS) is 34.1. The van der Waals surface area contributed by atoms with Gasteiger partial charge in [-0.2, -0.15) is 0 Å². The van der Waals surface area contributed by atoms with Crippen molar-refractivity contribution in [3.8, 4) is 0 Å². The summed E-state index contributed by atoms with van der Waals surface area (Å²) in [5.41, 5.74) is 0. The number of hydrogen-bond donors (Lipinski definition) is 2. The SMILES string of the molecule is CCN1CC(C)NC(CO)C1. The molecule has 1 aliphatic rings. The number of aliphatic hydroxyl groups is 1. The van der Waals surface area contributed by atoms with Crippen LogP contribution in [0.5, 0.6) is 0 Å². The molecule has 0 saturated carbocycles. The molecule has 3 nitrogen and oxygen atoms in total. The predicted molar refractivity (Wildman–Crippen MR) is 45.6 cm³/mol. The Bertz CT molecular complexity index is 107. The summed E-state index contributed by atoms with van der Waals surface area (Å²) in [7, 11) is 0. The van der Waals surface area contributed by atoms with Gasteiger partial charge in [0.15, 0.2) is 0 Å². The van der Waals surface area contributed by atoms with Gasteiger partial charge in [-0.3, -0.25) is 0 Å². The van der Waals surface area contributed by atoms with Crippen LogP contribution in [-0.4, -0.2) is 48.3 Å². The molecule has 11 heavy (non-hydrogen) atoms. The highest BCUT2D eigenvalue weighted by molar-refractivity contribution is 4.82. The van der Waals surface area contributed by atoms with Gasteiger partial charge in [0, 0.05) is 25.2 Å². The number of likely N-dealkylation sites (N-methyl/N-ethyl adjacent to an activating group) is 1. The van der Waals surface area contributed by atoms with Gasteiger partial charge in [0.25, 0.3) is 0 Å². The Morgan fingerprint density at radius 3 is 2.82 bits per heavy atom. The highest BCUT2D eigenvalue weighted by Gasteiger charge is 2.21. The Kier molecular flexibility index (Phi) is 3.30. The van der Waals surface area contributed by atoms with E-state index < -0.39 is 0 Å². The van der Waals surface area contributed by atoms with Crippen LogP contribution in [0.2, 0.25) is 0 Å². The molecule has 2 unspecified atom stereocenters. The summed E-state index contributed by atoms with van der Waals surface area (Å²) in [4.78, 5) is 2.36. The van der Waals surface area contributed by atoms with Gasteiger partial charge < -0.3 is 15.3 Å². The molecule has 1 aliphatic heterocycles. The highest BCUT2D eigenvalue weighted by Crippen LogP contribution is 2.02. The Morgan fingerprint density at radius 2 is 2.27 bits per heavy atom. The number of rotatable bonds is 2. The zero-order chi connectivity index (χ0) is 8.27. The molecule has 2 atom stereocenters. The third-order valence-corrected chi connectivity index (χ3v) is 2.20. The maximum absolute atomic E-state index is 8.93. The molecule has 0 aliphatic carbocycles. The molecule has 1 rings (SSSR count). The van der Waals surface area contributed by atoms with Gasteiger partial charge in [-0.05, 0) is 13.5 Å². The van der Waals surface area contributed by atoms with Crippen LogP contribution < -0.4 is 5.32 Å². The summed E-state index contributed by atoms with van der Waals surface area (Å²) < 4.78 is 0. The molecular weight excluding hydrogens is 140 g/mol. The van der Waals surface area contributed by atoms with Gasteiger partial charge >= 0.3 is 0 Å². The smallest absolute Gasteiger partial charge is 0.0597 e. The maximum atomic E-state index is 8.93. The van der Waals surface area contributed by atoms with E-state index in [1.165, 1.54) is 0 Å². The van der Waals surface area contributed by atoms with Crippen LogP contribution in [0, 0.1) is 0 Å². The van der Waals surface area contributed by atoms with Crippen molar-refractivity contribution < 1.29 is 5.11 Å². The lowest BCUT2D eigenvalue weighted by Gasteiger charge is -2.36. The van der Waals surface area contributed by atoms with Crippen molar-refractivity contribution in [2.75, 3.05) is 26.2 Å². The zero-order valence-electron chi connectivity index (χ0n) is 7.38. The van der Waals surface area contributed by atoms with E-state index >= 15 is 0 Å². The molecule has 0 spiro atoms. The molecular formula is C8H18N2O. The molecule has 0 aromatic heterocycles. The molecule has 2 N–H and O–H groups in total. The lowest BCUT2D eigenvalue weighted by atomic mass is 10.1. The van der Waals surface area contributed by atoms with Gasteiger partial charge in [-0.15, -0.1) is 0 Å². The topological polar surface area (TPSA) is 35.5 Å². The number of piperazine rings is 1. The third-order valence-electron chi connectivity index (χ3n) is 2.20. The molecule has 0 bridgehead atoms. The van der Waals surface area contributed by atoms with Crippen molar-refractivity contribution in [3.05, 3.63) is 0 Å². The number of hydrogen-bond acceptors (Lipinski definition) is 3. The van der Waals surface area contributed by atoms with E-state index in [1.54, 1.807) is 0 Å². The van der Waals surface area contributed by atoms with Crippen LogP contribution in [0.1, 0.15) is 13.8 Å². The second kappa shape index (κ2) is 4.04. The van der Waals surface area contributed by atoms with Crippen molar-refractivity contribution in [1.29, 1.82) is 0 Å². The Hall–Kier alpha value is -0.120. The molecule has 3 heteroatoms. The second-order valence-corrected chi connectivity index (χ2v) is 3.30. The lowest BCUT2D eigenvalue weighted by Crippen LogP contribution is -2.56. The third kappa shape index (κ3) is 2.43. The summed E-state index contributed by atoms with van der Waals surface area (Å²) in [6, 6.07) is 0.791. The lowest BCUT2D eigenvalue weighted by molar-refractivity contribution is 0.129. The standard InChI is InChI=1S/C8H18N2O/c1-3-10-4-7(2)9-8(5-10)6-11/h7-9,11H,3-6H2,1-2H3. The fourth-order valence-electron chi connectivity index (χ4n) is 1.65. The van der Waals surface area contributed by atoms with Gasteiger partial charge in [0.05, 0.1) is 6.61 Å². The Labute approximate surface area is 68.4 Å². The van der Waals surface area contributed by atoms with Crippen molar-refractivity contribution in [1.82, 2.24) is 10.2 Å². The van der Waals surface area contributed by atoms with E-state index in [4.69, 9.17) is 5.11 Å². The molecule has 0 radical (unpaired) electrons. The first-order valence-electron chi connectivity index (χ1n) is 4.35. The van der Waals surface area contributed by atoms with E-state index in [9.17, 15) is 0 Å². The fourth-order valence-corrected chi connectivity index (χ4v) is 1.65. The van der Waals surface area contributed by atoms with Crippen LogP contribution in [0.25, 0.3) is 0 Å². The van der Waals surface area contributed by atoms with E-state index in [2.05, 4.69) is 24.1 Å². The molecule has 0 amide bonds. The van der Waals surface area contributed by atoms with Gasteiger partial charge in [-0.25, -0.2) is 0 Å². The molecule has 1 fully saturated rings. The minimum atomic E-state index is 0.251. The first-order valence-corrected chi connectivity index (χ1v) is 4.35. The summed E-state index contributed by atoms with van der Waals surface area (Å²) >= 11 is 0. The molecule has 1 heterocycles. The van der Waals surface area contributed by atoms with Crippen molar-refractivity contribution in [3.63, 3.8) is 0 Å². The average molecular weight is 158 g/mol. The molecule has 0 aromatic rings. The van der Waals surface area contributed by atoms with E-state index in [-0.39, 0.29) is 12.6 Å².